The van der Waals surface area contributed by atoms with Crippen molar-refractivity contribution in [2.24, 2.45) is 0 Å². The molecule has 0 aromatic heterocycles. The van der Waals surface area contributed by atoms with Gasteiger partial charge in [-0.1, -0.05) is 0 Å². The molecule has 18 heavy (non-hydrogen) atoms. The van der Waals surface area contributed by atoms with Crippen molar-refractivity contribution in [3.63, 3.8) is 0 Å². The first-order chi connectivity index (χ1) is 8.56. The first-order valence-corrected chi connectivity index (χ1v) is 6.29. The van der Waals surface area contributed by atoms with Crippen molar-refractivity contribution in [3.8, 4) is 0 Å². The minimum atomic E-state index is -0.353. The van der Waals surface area contributed by atoms with E-state index >= 15 is 0 Å². The van der Waals surface area contributed by atoms with Gasteiger partial charge in [0.2, 0.25) is 5.91 Å². The number of rotatable bonds is 10. The lowest BCUT2D eigenvalue weighted by Gasteiger charge is -2.09. The summed E-state index contributed by atoms with van der Waals surface area (Å²) < 4.78 is 9.78. The normalized spacial score (nSPS) is 10.4. The topological polar surface area (TPSA) is 76.7 Å². The Kier molecular flexibility index (Phi) is 10.3. The van der Waals surface area contributed by atoms with Crippen LogP contribution in [0.2, 0.25) is 0 Å². The van der Waals surface area contributed by atoms with Crippen LogP contribution in [-0.2, 0) is 19.1 Å². The second kappa shape index (κ2) is 11.0. The molecule has 0 aliphatic heterocycles. The molecule has 6 heteroatoms. The monoisotopic (exact) mass is 260 g/mol. The highest BCUT2D eigenvalue weighted by molar-refractivity contribution is 5.76. The van der Waals surface area contributed by atoms with Gasteiger partial charge in [0.25, 0.3) is 0 Å². The summed E-state index contributed by atoms with van der Waals surface area (Å²) in [5.41, 5.74) is 0. The molecule has 0 fully saturated rings. The summed E-state index contributed by atoms with van der Waals surface area (Å²) in [6.45, 7) is 7.57. The Labute approximate surface area is 108 Å². The summed E-state index contributed by atoms with van der Waals surface area (Å²) in [5, 5.41) is 5.86. The Morgan fingerprint density at radius 3 is 2.56 bits per heavy atom. The molecule has 0 aromatic carbocycles. The predicted octanol–water partition coefficient (Wildman–Crippen LogP) is 0.0704. The molecule has 1 amide bonds. The number of ether oxygens (including phenoxy) is 2. The number of amides is 1. The maximum Gasteiger partial charge on any atom is 0.332 e. The molecule has 0 saturated carbocycles. The van der Waals surface area contributed by atoms with Gasteiger partial charge in [0.05, 0.1) is 13.2 Å². The van der Waals surface area contributed by atoms with Crippen LogP contribution in [0.5, 0.6) is 0 Å². The van der Waals surface area contributed by atoms with Crippen molar-refractivity contribution in [2.45, 2.75) is 33.2 Å². The third kappa shape index (κ3) is 11.3. The van der Waals surface area contributed by atoms with Gasteiger partial charge in [-0.3, -0.25) is 4.79 Å². The molecular formula is C12H24N2O4. The Morgan fingerprint density at radius 1 is 1.22 bits per heavy atom. The molecule has 0 atom stereocenters. The number of carbonyl (C=O) groups excluding carboxylic acids is 2. The van der Waals surface area contributed by atoms with E-state index in [0.717, 1.165) is 0 Å². The van der Waals surface area contributed by atoms with Crippen LogP contribution in [0.4, 0.5) is 0 Å². The van der Waals surface area contributed by atoms with E-state index in [4.69, 9.17) is 9.47 Å². The fraction of sp³-hybridized carbons (Fsp3) is 0.833. The van der Waals surface area contributed by atoms with E-state index in [1.807, 2.05) is 13.8 Å². The summed E-state index contributed by atoms with van der Waals surface area (Å²) in [5.74, 6) is -0.321. The average molecular weight is 260 g/mol. The highest BCUT2D eigenvalue weighted by atomic mass is 16.6. The minimum absolute atomic E-state index is 0.0244. The Bertz CT molecular complexity index is 244. The number of nitrogens with one attached hydrogen (secondary N) is 2. The quantitative estimate of drug-likeness (QED) is 0.429. The van der Waals surface area contributed by atoms with E-state index in [-0.39, 0.29) is 24.5 Å². The molecule has 106 valence electrons. The molecule has 0 heterocycles. The third-order valence-corrected chi connectivity index (χ3v) is 1.93. The van der Waals surface area contributed by atoms with E-state index in [1.54, 1.807) is 6.92 Å². The van der Waals surface area contributed by atoms with Gasteiger partial charge in [-0.15, -0.1) is 0 Å². The SMILES string of the molecule is CCOC(=O)COCCNCCC(=O)NC(C)C. The summed E-state index contributed by atoms with van der Waals surface area (Å²) >= 11 is 0. The first-order valence-electron chi connectivity index (χ1n) is 6.29. The molecule has 0 radical (unpaired) electrons. The molecule has 2 N–H and O–H groups in total. The van der Waals surface area contributed by atoms with Crippen molar-refractivity contribution in [3.05, 3.63) is 0 Å². The zero-order valence-corrected chi connectivity index (χ0v) is 11.5. The number of carbonyl (C=O) groups is 2. The standard InChI is InChI=1S/C12H24N2O4/c1-4-18-12(16)9-17-8-7-13-6-5-11(15)14-10(2)3/h10,13H,4-9H2,1-3H3,(H,14,15). The maximum atomic E-state index is 11.3. The highest BCUT2D eigenvalue weighted by Gasteiger charge is 2.02. The van der Waals surface area contributed by atoms with E-state index < -0.39 is 0 Å². The largest absolute Gasteiger partial charge is 0.464 e. The maximum absolute atomic E-state index is 11.3. The predicted molar refractivity (Wildman–Crippen MR) is 68.2 cm³/mol. The van der Waals surface area contributed by atoms with Crippen LogP contribution < -0.4 is 10.6 Å². The van der Waals surface area contributed by atoms with Crippen LogP contribution in [0.1, 0.15) is 27.2 Å². The van der Waals surface area contributed by atoms with Crippen LogP contribution >= 0.6 is 0 Å². The van der Waals surface area contributed by atoms with Gasteiger partial charge in [-0.25, -0.2) is 4.79 Å². The molecule has 0 rings (SSSR count). The molecule has 0 bridgehead atoms. The molecule has 0 aromatic rings. The lowest BCUT2D eigenvalue weighted by Crippen LogP contribution is -2.33. The summed E-state index contributed by atoms with van der Waals surface area (Å²) in [4.78, 5) is 22.2. The van der Waals surface area contributed by atoms with Gasteiger partial charge >= 0.3 is 5.97 Å². The zero-order valence-electron chi connectivity index (χ0n) is 11.5. The van der Waals surface area contributed by atoms with Gasteiger partial charge in [0, 0.05) is 25.6 Å². The summed E-state index contributed by atoms with van der Waals surface area (Å²) in [6.07, 6.45) is 0.441. The van der Waals surface area contributed by atoms with Crippen LogP contribution in [0.25, 0.3) is 0 Å². The highest BCUT2D eigenvalue weighted by Crippen LogP contribution is 1.83. The smallest absolute Gasteiger partial charge is 0.332 e. The molecule has 0 saturated heterocycles. The number of hydrogen-bond acceptors (Lipinski definition) is 5. The molecule has 6 nitrogen and oxygen atoms in total. The van der Waals surface area contributed by atoms with Gasteiger partial charge in [0.15, 0.2) is 0 Å². The number of hydrogen-bond donors (Lipinski definition) is 2. The Hall–Kier alpha value is -1.14. The van der Waals surface area contributed by atoms with Crippen molar-refractivity contribution < 1.29 is 19.1 Å². The lowest BCUT2D eigenvalue weighted by molar-refractivity contribution is -0.148. The number of esters is 1. The van der Waals surface area contributed by atoms with Crippen molar-refractivity contribution in [2.75, 3.05) is 32.9 Å². The molecule has 0 aliphatic carbocycles. The van der Waals surface area contributed by atoms with E-state index in [1.165, 1.54) is 0 Å². The van der Waals surface area contributed by atoms with Crippen molar-refractivity contribution in [1.82, 2.24) is 10.6 Å². The van der Waals surface area contributed by atoms with E-state index in [0.29, 0.717) is 32.7 Å². The van der Waals surface area contributed by atoms with Gasteiger partial charge in [-0.2, -0.15) is 0 Å². The van der Waals surface area contributed by atoms with Crippen molar-refractivity contribution >= 4 is 11.9 Å². The van der Waals surface area contributed by atoms with Crippen LogP contribution in [0.15, 0.2) is 0 Å². The second-order valence-corrected chi connectivity index (χ2v) is 4.08. The lowest BCUT2D eigenvalue weighted by atomic mass is 10.3. The fourth-order valence-electron chi connectivity index (χ4n) is 1.22. The van der Waals surface area contributed by atoms with Crippen molar-refractivity contribution in [1.29, 1.82) is 0 Å². The summed E-state index contributed by atoms with van der Waals surface area (Å²) in [7, 11) is 0. The zero-order chi connectivity index (χ0) is 13.8. The molecule has 0 aliphatic rings. The molecule has 0 spiro atoms. The van der Waals surface area contributed by atoms with Gasteiger partial charge in [0.1, 0.15) is 6.61 Å². The summed E-state index contributed by atoms with van der Waals surface area (Å²) in [6, 6.07) is 0.172. The Morgan fingerprint density at radius 2 is 1.94 bits per heavy atom. The minimum Gasteiger partial charge on any atom is -0.464 e. The molecular weight excluding hydrogens is 236 g/mol. The fourth-order valence-corrected chi connectivity index (χ4v) is 1.22. The average Bonchev–Trinajstić information content (AvgIpc) is 2.27. The third-order valence-electron chi connectivity index (χ3n) is 1.93. The second-order valence-electron chi connectivity index (χ2n) is 4.08. The van der Waals surface area contributed by atoms with Crippen LogP contribution in [0.3, 0.4) is 0 Å². The Balaban J connectivity index is 3.26. The molecule has 0 unspecified atom stereocenters. The van der Waals surface area contributed by atoms with E-state index in [9.17, 15) is 9.59 Å². The van der Waals surface area contributed by atoms with Gasteiger partial charge < -0.3 is 20.1 Å². The van der Waals surface area contributed by atoms with Crippen LogP contribution in [0, 0.1) is 0 Å². The van der Waals surface area contributed by atoms with Crippen LogP contribution in [-0.4, -0.2) is 50.8 Å². The van der Waals surface area contributed by atoms with E-state index in [2.05, 4.69) is 10.6 Å². The van der Waals surface area contributed by atoms with Gasteiger partial charge in [-0.05, 0) is 20.8 Å². The first kappa shape index (κ1) is 16.9.